The van der Waals surface area contributed by atoms with E-state index >= 15 is 0 Å². The van der Waals surface area contributed by atoms with Crippen molar-refractivity contribution in [2.45, 2.75) is 45.1 Å². The highest BCUT2D eigenvalue weighted by atomic mass is 16.5. The van der Waals surface area contributed by atoms with Gasteiger partial charge in [0.1, 0.15) is 0 Å². The molecule has 1 aliphatic rings. The predicted molar refractivity (Wildman–Crippen MR) is 91.9 cm³/mol. The standard InChI is InChI=1S/C17H28N4O2/c1-3-4-10-21-11-6-5-7-15(21)13-19-17(22)20-14-8-9-16(23-2)18-12-14/h8-9,12,15H,3-7,10-11,13H2,1-2H3,(H2,19,20,22). The minimum atomic E-state index is -0.182. The number of aromatic nitrogens is 1. The summed E-state index contributed by atoms with van der Waals surface area (Å²) < 4.78 is 5.00. The van der Waals surface area contributed by atoms with Crippen LogP contribution in [0.3, 0.4) is 0 Å². The fraction of sp³-hybridized carbons (Fsp3) is 0.647. The lowest BCUT2D eigenvalue weighted by atomic mass is 10.0. The summed E-state index contributed by atoms with van der Waals surface area (Å²) in [4.78, 5) is 18.6. The Morgan fingerprint density at radius 3 is 3.00 bits per heavy atom. The fourth-order valence-corrected chi connectivity index (χ4v) is 2.91. The van der Waals surface area contributed by atoms with Crippen molar-refractivity contribution in [3.8, 4) is 5.88 Å². The first-order valence-electron chi connectivity index (χ1n) is 8.52. The minimum Gasteiger partial charge on any atom is -0.481 e. The van der Waals surface area contributed by atoms with Gasteiger partial charge in [0.05, 0.1) is 19.0 Å². The molecule has 6 nitrogen and oxygen atoms in total. The van der Waals surface area contributed by atoms with Crippen LogP contribution in [-0.4, -0.2) is 48.7 Å². The third-order valence-electron chi connectivity index (χ3n) is 4.25. The molecule has 1 aromatic heterocycles. The Labute approximate surface area is 138 Å². The van der Waals surface area contributed by atoms with Gasteiger partial charge < -0.3 is 15.4 Å². The van der Waals surface area contributed by atoms with Crippen LogP contribution >= 0.6 is 0 Å². The van der Waals surface area contributed by atoms with Crippen LogP contribution < -0.4 is 15.4 Å². The summed E-state index contributed by atoms with van der Waals surface area (Å²) in [6, 6.07) is 3.77. The molecule has 1 fully saturated rings. The van der Waals surface area contributed by atoms with Gasteiger partial charge in [-0.15, -0.1) is 0 Å². The van der Waals surface area contributed by atoms with Gasteiger partial charge in [0.15, 0.2) is 0 Å². The Morgan fingerprint density at radius 1 is 1.43 bits per heavy atom. The zero-order valence-corrected chi connectivity index (χ0v) is 14.2. The monoisotopic (exact) mass is 320 g/mol. The number of rotatable bonds is 7. The zero-order chi connectivity index (χ0) is 16.5. The molecule has 2 N–H and O–H groups in total. The van der Waals surface area contributed by atoms with Crippen molar-refractivity contribution in [2.75, 3.05) is 32.1 Å². The van der Waals surface area contributed by atoms with Crippen molar-refractivity contribution >= 4 is 11.7 Å². The number of carbonyl (C=O) groups is 1. The number of hydrogen-bond acceptors (Lipinski definition) is 4. The highest BCUT2D eigenvalue weighted by Gasteiger charge is 2.22. The molecule has 6 heteroatoms. The molecule has 1 aliphatic heterocycles. The number of nitrogens with zero attached hydrogens (tertiary/aromatic N) is 2. The van der Waals surface area contributed by atoms with Crippen LogP contribution in [0.1, 0.15) is 39.0 Å². The number of ether oxygens (including phenoxy) is 1. The van der Waals surface area contributed by atoms with Crippen molar-refractivity contribution in [3.63, 3.8) is 0 Å². The number of methoxy groups -OCH3 is 1. The molecule has 1 aromatic rings. The van der Waals surface area contributed by atoms with Gasteiger partial charge in [-0.1, -0.05) is 19.8 Å². The number of unbranched alkanes of at least 4 members (excludes halogenated alkanes) is 1. The van der Waals surface area contributed by atoms with Gasteiger partial charge in [0, 0.05) is 18.7 Å². The van der Waals surface area contributed by atoms with Gasteiger partial charge in [-0.2, -0.15) is 0 Å². The maximum absolute atomic E-state index is 12.0. The van der Waals surface area contributed by atoms with Crippen molar-refractivity contribution in [1.82, 2.24) is 15.2 Å². The van der Waals surface area contributed by atoms with Gasteiger partial charge >= 0.3 is 6.03 Å². The average Bonchev–Trinajstić information content (AvgIpc) is 2.59. The van der Waals surface area contributed by atoms with Crippen molar-refractivity contribution < 1.29 is 9.53 Å². The second-order valence-electron chi connectivity index (χ2n) is 5.96. The van der Waals surface area contributed by atoms with E-state index in [2.05, 4.69) is 27.4 Å². The summed E-state index contributed by atoms with van der Waals surface area (Å²) in [6.07, 6.45) is 7.70. The smallest absolute Gasteiger partial charge is 0.319 e. The van der Waals surface area contributed by atoms with Crippen LogP contribution in [0.2, 0.25) is 0 Å². The lowest BCUT2D eigenvalue weighted by Gasteiger charge is -2.35. The summed E-state index contributed by atoms with van der Waals surface area (Å²) in [5, 5.41) is 5.79. The van der Waals surface area contributed by atoms with Crippen LogP contribution in [0.5, 0.6) is 5.88 Å². The molecule has 0 aromatic carbocycles. The number of piperidine rings is 1. The van der Waals surface area contributed by atoms with Gasteiger partial charge in [0.2, 0.25) is 5.88 Å². The highest BCUT2D eigenvalue weighted by Crippen LogP contribution is 2.17. The zero-order valence-electron chi connectivity index (χ0n) is 14.2. The first-order chi connectivity index (χ1) is 11.2. The molecule has 1 atom stereocenters. The maximum atomic E-state index is 12.0. The summed E-state index contributed by atoms with van der Waals surface area (Å²) in [7, 11) is 1.57. The maximum Gasteiger partial charge on any atom is 0.319 e. The Hall–Kier alpha value is -1.82. The van der Waals surface area contributed by atoms with Crippen LogP contribution in [0.25, 0.3) is 0 Å². The van der Waals surface area contributed by atoms with E-state index in [1.54, 1.807) is 25.4 Å². The molecule has 0 aliphatic carbocycles. The van der Waals surface area contributed by atoms with E-state index in [0.717, 1.165) is 19.5 Å². The predicted octanol–water partition coefficient (Wildman–Crippen LogP) is 2.87. The molecule has 2 rings (SSSR count). The Balaban J connectivity index is 1.77. The van der Waals surface area contributed by atoms with Crippen LogP contribution in [-0.2, 0) is 0 Å². The second kappa shape index (κ2) is 9.35. The molecule has 23 heavy (non-hydrogen) atoms. The van der Waals surface area contributed by atoms with E-state index in [1.807, 2.05) is 0 Å². The molecule has 2 amide bonds. The first-order valence-corrected chi connectivity index (χ1v) is 8.52. The quantitative estimate of drug-likeness (QED) is 0.811. The van der Waals surface area contributed by atoms with E-state index in [-0.39, 0.29) is 6.03 Å². The van der Waals surface area contributed by atoms with Crippen LogP contribution in [0.15, 0.2) is 18.3 Å². The number of nitrogens with one attached hydrogen (secondary N) is 2. The Bertz CT molecular complexity index is 478. The lowest BCUT2D eigenvalue weighted by molar-refractivity contribution is 0.145. The number of pyridine rings is 1. The molecule has 1 unspecified atom stereocenters. The van der Waals surface area contributed by atoms with E-state index in [1.165, 1.54) is 25.7 Å². The lowest BCUT2D eigenvalue weighted by Crippen LogP contribution is -2.47. The third kappa shape index (κ3) is 5.71. The van der Waals surface area contributed by atoms with E-state index in [4.69, 9.17) is 4.74 Å². The van der Waals surface area contributed by atoms with E-state index in [9.17, 15) is 4.79 Å². The first kappa shape index (κ1) is 17.5. The number of hydrogen-bond donors (Lipinski definition) is 2. The Morgan fingerprint density at radius 2 is 2.30 bits per heavy atom. The minimum absolute atomic E-state index is 0.182. The fourth-order valence-electron chi connectivity index (χ4n) is 2.91. The number of urea groups is 1. The third-order valence-corrected chi connectivity index (χ3v) is 4.25. The molecular formula is C17H28N4O2. The van der Waals surface area contributed by atoms with Crippen LogP contribution in [0, 0.1) is 0 Å². The number of anilines is 1. The van der Waals surface area contributed by atoms with Gasteiger partial charge in [-0.05, 0) is 38.4 Å². The number of amides is 2. The normalized spacial score (nSPS) is 18.4. The summed E-state index contributed by atoms with van der Waals surface area (Å²) in [5.41, 5.74) is 0.662. The molecule has 0 bridgehead atoms. The molecule has 0 spiro atoms. The van der Waals surface area contributed by atoms with Gasteiger partial charge in [0.25, 0.3) is 0 Å². The van der Waals surface area contributed by atoms with Crippen molar-refractivity contribution in [1.29, 1.82) is 0 Å². The molecule has 0 radical (unpaired) electrons. The van der Waals surface area contributed by atoms with Gasteiger partial charge in [-0.3, -0.25) is 4.90 Å². The number of carbonyl (C=O) groups excluding carboxylic acids is 1. The number of likely N-dealkylation sites (tertiary alicyclic amines) is 1. The van der Waals surface area contributed by atoms with Gasteiger partial charge in [-0.25, -0.2) is 9.78 Å². The SMILES string of the molecule is CCCCN1CCCCC1CNC(=O)Nc1ccc(OC)nc1. The molecule has 2 heterocycles. The van der Waals surface area contributed by atoms with E-state index in [0.29, 0.717) is 24.2 Å². The summed E-state index contributed by atoms with van der Waals surface area (Å²) in [6.45, 7) is 5.19. The van der Waals surface area contributed by atoms with Crippen molar-refractivity contribution in [3.05, 3.63) is 18.3 Å². The Kier molecular flexibility index (Phi) is 7.13. The second-order valence-corrected chi connectivity index (χ2v) is 5.96. The summed E-state index contributed by atoms with van der Waals surface area (Å²) in [5.74, 6) is 0.532. The molecule has 128 valence electrons. The molecule has 0 saturated carbocycles. The summed E-state index contributed by atoms with van der Waals surface area (Å²) >= 11 is 0. The average molecular weight is 320 g/mol. The van der Waals surface area contributed by atoms with E-state index < -0.39 is 0 Å². The molecular weight excluding hydrogens is 292 g/mol. The highest BCUT2D eigenvalue weighted by molar-refractivity contribution is 5.89. The van der Waals surface area contributed by atoms with Crippen molar-refractivity contribution in [2.24, 2.45) is 0 Å². The topological polar surface area (TPSA) is 66.5 Å². The van der Waals surface area contributed by atoms with Crippen LogP contribution in [0.4, 0.5) is 10.5 Å². The largest absolute Gasteiger partial charge is 0.481 e. The molecule has 1 saturated heterocycles.